The summed E-state index contributed by atoms with van der Waals surface area (Å²) >= 11 is 3.20. The first-order valence-corrected chi connectivity index (χ1v) is 6.86. The Kier molecular flexibility index (Phi) is 6.52. The molecule has 0 spiro atoms. The number of hydrogen-bond acceptors (Lipinski definition) is 3. The van der Waals surface area contributed by atoms with Crippen molar-refractivity contribution in [3.05, 3.63) is 28.2 Å². The number of anilines is 1. The Bertz CT molecular complexity index is 463. The van der Waals surface area contributed by atoms with Gasteiger partial charge in [0.2, 0.25) is 5.91 Å². The molecule has 0 saturated heterocycles. The summed E-state index contributed by atoms with van der Waals surface area (Å²) in [6.07, 6.45) is 2.92. The van der Waals surface area contributed by atoms with Crippen molar-refractivity contribution in [2.45, 2.75) is 25.7 Å². The highest BCUT2D eigenvalue weighted by molar-refractivity contribution is 9.10. The predicted molar refractivity (Wildman–Crippen MR) is 77.3 cm³/mol. The fourth-order valence-electron chi connectivity index (χ4n) is 1.62. The van der Waals surface area contributed by atoms with Crippen LogP contribution in [0.3, 0.4) is 0 Å². The molecule has 0 bridgehead atoms. The summed E-state index contributed by atoms with van der Waals surface area (Å²) in [5.41, 5.74) is 5.76. The summed E-state index contributed by atoms with van der Waals surface area (Å²) in [6.45, 7) is 0.623. The van der Waals surface area contributed by atoms with Crippen LogP contribution < -0.4 is 11.1 Å². The van der Waals surface area contributed by atoms with Gasteiger partial charge in [0, 0.05) is 10.9 Å². The highest BCUT2D eigenvalue weighted by Crippen LogP contribution is 2.21. The number of hydrogen-bond donors (Lipinski definition) is 3. The Morgan fingerprint density at radius 3 is 2.63 bits per heavy atom. The van der Waals surface area contributed by atoms with Crippen molar-refractivity contribution in [1.82, 2.24) is 0 Å². The molecule has 1 amide bonds. The van der Waals surface area contributed by atoms with E-state index < -0.39 is 5.97 Å². The molecule has 0 aromatic heterocycles. The van der Waals surface area contributed by atoms with Crippen molar-refractivity contribution in [2.75, 3.05) is 11.9 Å². The number of nitrogens with one attached hydrogen (secondary N) is 1. The minimum absolute atomic E-state index is 0.0738. The molecule has 1 aromatic carbocycles. The van der Waals surface area contributed by atoms with Gasteiger partial charge in [-0.1, -0.05) is 22.4 Å². The second kappa shape index (κ2) is 7.91. The molecule has 0 aliphatic rings. The van der Waals surface area contributed by atoms with E-state index >= 15 is 0 Å². The molecule has 0 aliphatic carbocycles. The molecule has 0 fully saturated rings. The Hall–Kier alpha value is -1.40. The summed E-state index contributed by atoms with van der Waals surface area (Å²) in [5, 5.41) is 11.7. The summed E-state index contributed by atoms with van der Waals surface area (Å²) in [6, 6.07) is 4.73. The number of nitrogens with two attached hydrogens (primary N) is 1. The van der Waals surface area contributed by atoms with Crippen LogP contribution in [0.15, 0.2) is 22.7 Å². The van der Waals surface area contributed by atoms with Gasteiger partial charge in [0.25, 0.3) is 0 Å². The second-order valence-electron chi connectivity index (χ2n) is 4.14. The van der Waals surface area contributed by atoms with Crippen molar-refractivity contribution >= 4 is 33.5 Å². The summed E-state index contributed by atoms with van der Waals surface area (Å²) in [7, 11) is 0. The van der Waals surface area contributed by atoms with E-state index in [9.17, 15) is 9.59 Å². The molecule has 0 unspecified atom stereocenters. The van der Waals surface area contributed by atoms with E-state index in [1.807, 2.05) is 0 Å². The minimum atomic E-state index is -1.07. The number of rotatable bonds is 7. The smallest absolute Gasteiger partial charge is 0.337 e. The number of carbonyl (C=O) groups excluding carboxylic acids is 1. The predicted octanol–water partition coefficient (Wildman–Crippen LogP) is 2.60. The largest absolute Gasteiger partial charge is 0.478 e. The van der Waals surface area contributed by atoms with Crippen LogP contribution in [0.2, 0.25) is 0 Å². The van der Waals surface area contributed by atoms with Gasteiger partial charge >= 0.3 is 5.97 Å². The van der Waals surface area contributed by atoms with Crippen LogP contribution in [0.5, 0.6) is 0 Å². The van der Waals surface area contributed by atoms with E-state index in [4.69, 9.17) is 10.8 Å². The fraction of sp³-hybridized carbons (Fsp3) is 0.385. The van der Waals surface area contributed by atoms with E-state index in [1.54, 1.807) is 12.1 Å². The van der Waals surface area contributed by atoms with Crippen molar-refractivity contribution < 1.29 is 14.7 Å². The highest BCUT2D eigenvalue weighted by Gasteiger charge is 2.12. The Morgan fingerprint density at radius 2 is 2.00 bits per heavy atom. The van der Waals surface area contributed by atoms with E-state index in [0.717, 1.165) is 19.3 Å². The van der Waals surface area contributed by atoms with Crippen LogP contribution in [0, 0.1) is 0 Å². The molecule has 4 N–H and O–H groups in total. The lowest BCUT2D eigenvalue weighted by Crippen LogP contribution is -2.14. The zero-order chi connectivity index (χ0) is 14.3. The van der Waals surface area contributed by atoms with Gasteiger partial charge in [-0.25, -0.2) is 4.79 Å². The third-order valence-electron chi connectivity index (χ3n) is 2.59. The standard InChI is InChI=1S/C13H17BrN2O3/c14-9-5-6-11(10(8-9)13(18)19)16-12(17)4-2-1-3-7-15/h5-6,8H,1-4,7,15H2,(H,16,17)(H,18,19). The van der Waals surface area contributed by atoms with Crippen molar-refractivity contribution in [2.24, 2.45) is 5.73 Å². The summed E-state index contributed by atoms with van der Waals surface area (Å²) < 4.78 is 0.658. The van der Waals surface area contributed by atoms with E-state index in [-0.39, 0.29) is 11.5 Å². The van der Waals surface area contributed by atoms with Crippen LogP contribution in [0.1, 0.15) is 36.0 Å². The molecule has 0 radical (unpaired) electrons. The van der Waals surface area contributed by atoms with Crippen molar-refractivity contribution in [3.8, 4) is 0 Å². The number of amides is 1. The fourth-order valence-corrected chi connectivity index (χ4v) is 1.98. The highest BCUT2D eigenvalue weighted by atomic mass is 79.9. The molecular weight excluding hydrogens is 312 g/mol. The van der Waals surface area contributed by atoms with Gasteiger partial charge in [0.1, 0.15) is 0 Å². The molecule has 1 rings (SSSR count). The number of carbonyl (C=O) groups is 2. The Morgan fingerprint density at radius 1 is 1.26 bits per heavy atom. The average Bonchev–Trinajstić information content (AvgIpc) is 2.36. The normalized spacial score (nSPS) is 10.2. The number of halogens is 1. The maximum absolute atomic E-state index is 11.7. The Balaban J connectivity index is 2.61. The van der Waals surface area contributed by atoms with Crippen LogP contribution in [-0.2, 0) is 4.79 Å². The van der Waals surface area contributed by atoms with Crippen molar-refractivity contribution in [3.63, 3.8) is 0 Å². The Labute approximate surface area is 120 Å². The van der Waals surface area contributed by atoms with Crippen molar-refractivity contribution in [1.29, 1.82) is 0 Å². The first-order valence-electron chi connectivity index (χ1n) is 6.07. The van der Waals surface area contributed by atoms with Gasteiger partial charge in [-0.3, -0.25) is 4.79 Å². The van der Waals surface area contributed by atoms with Crippen LogP contribution in [0.4, 0.5) is 5.69 Å². The lowest BCUT2D eigenvalue weighted by molar-refractivity contribution is -0.116. The van der Waals surface area contributed by atoms with Gasteiger partial charge < -0.3 is 16.2 Å². The number of aromatic carboxylic acids is 1. The molecule has 0 heterocycles. The lowest BCUT2D eigenvalue weighted by atomic mass is 10.1. The third kappa shape index (κ3) is 5.40. The minimum Gasteiger partial charge on any atom is -0.478 e. The van der Waals surface area contributed by atoms with Gasteiger partial charge in [-0.2, -0.15) is 0 Å². The van der Waals surface area contributed by atoms with Crippen LogP contribution >= 0.6 is 15.9 Å². The number of unbranched alkanes of at least 4 members (excludes halogenated alkanes) is 2. The molecule has 1 aromatic rings. The number of carboxylic acid groups (broad SMARTS) is 1. The lowest BCUT2D eigenvalue weighted by Gasteiger charge is -2.08. The first-order chi connectivity index (χ1) is 9.04. The van der Waals surface area contributed by atoms with Gasteiger partial charge in [-0.05, 0) is 37.6 Å². The van der Waals surface area contributed by atoms with E-state index in [1.165, 1.54) is 6.07 Å². The molecule has 0 aliphatic heterocycles. The van der Waals surface area contributed by atoms with Crippen LogP contribution in [-0.4, -0.2) is 23.5 Å². The van der Waals surface area contributed by atoms with E-state index in [2.05, 4.69) is 21.2 Å². The molecule has 104 valence electrons. The zero-order valence-corrected chi connectivity index (χ0v) is 12.1. The van der Waals surface area contributed by atoms with Crippen LogP contribution in [0.25, 0.3) is 0 Å². The third-order valence-corrected chi connectivity index (χ3v) is 3.09. The maximum Gasteiger partial charge on any atom is 0.337 e. The molecule has 19 heavy (non-hydrogen) atoms. The van der Waals surface area contributed by atoms with Gasteiger partial charge in [0.05, 0.1) is 11.3 Å². The molecule has 0 saturated carbocycles. The average molecular weight is 329 g/mol. The molecule has 0 atom stereocenters. The molecule has 6 heteroatoms. The van der Waals surface area contributed by atoms with E-state index in [0.29, 0.717) is 23.1 Å². The summed E-state index contributed by atoms with van der Waals surface area (Å²) in [4.78, 5) is 22.8. The van der Waals surface area contributed by atoms with Gasteiger partial charge in [0.15, 0.2) is 0 Å². The second-order valence-corrected chi connectivity index (χ2v) is 5.06. The topological polar surface area (TPSA) is 92.4 Å². The number of carboxylic acids is 1. The maximum atomic E-state index is 11.7. The van der Waals surface area contributed by atoms with Gasteiger partial charge in [-0.15, -0.1) is 0 Å². The molecule has 5 nitrogen and oxygen atoms in total. The first kappa shape index (κ1) is 15.7. The molecular formula is C13H17BrN2O3. The summed E-state index contributed by atoms with van der Waals surface area (Å²) in [5.74, 6) is -1.25. The number of benzene rings is 1. The zero-order valence-electron chi connectivity index (χ0n) is 10.5. The monoisotopic (exact) mass is 328 g/mol. The SMILES string of the molecule is NCCCCCC(=O)Nc1ccc(Br)cc1C(=O)O. The quantitative estimate of drug-likeness (QED) is 0.671.